The van der Waals surface area contributed by atoms with E-state index in [4.69, 9.17) is 4.74 Å². The average molecular weight is 915 g/mol. The smallest absolute Gasteiger partial charge is 0.305 e. The molecule has 0 bridgehead atoms. The Balaban J connectivity index is 3.40. The van der Waals surface area contributed by atoms with E-state index in [2.05, 4.69) is 55.6 Å². The van der Waals surface area contributed by atoms with Gasteiger partial charge >= 0.3 is 5.97 Å². The van der Waals surface area contributed by atoms with Crippen LogP contribution in [0.15, 0.2) is 36.5 Å². The van der Waals surface area contributed by atoms with Crippen LogP contribution in [0, 0.1) is 0 Å². The molecule has 0 saturated heterocycles. The second-order valence-electron chi connectivity index (χ2n) is 19.6. The number of esters is 1. The SMILES string of the molecule is CCCCC/C=C\C/C=C\CCCCCCCC(=O)OCCCCCCCCCCCCCC/C=C\CCCCCCCCCC(=O)NC(CO)C(O)CCCCCCCCCCCC. The largest absolute Gasteiger partial charge is 0.466 e. The second-order valence-corrected chi connectivity index (χ2v) is 19.6. The topological polar surface area (TPSA) is 95.9 Å². The Bertz CT molecular complexity index is 1060. The van der Waals surface area contributed by atoms with Crippen molar-refractivity contribution in [1.82, 2.24) is 5.32 Å². The van der Waals surface area contributed by atoms with Crippen LogP contribution in [0.25, 0.3) is 0 Å². The van der Waals surface area contributed by atoms with E-state index in [9.17, 15) is 19.8 Å². The van der Waals surface area contributed by atoms with Crippen LogP contribution >= 0.6 is 0 Å². The van der Waals surface area contributed by atoms with Gasteiger partial charge in [0.25, 0.3) is 0 Å². The summed E-state index contributed by atoms with van der Waals surface area (Å²) in [7, 11) is 0. The summed E-state index contributed by atoms with van der Waals surface area (Å²) in [6, 6.07) is -0.544. The molecule has 6 nitrogen and oxygen atoms in total. The zero-order valence-electron chi connectivity index (χ0n) is 43.5. The molecule has 3 N–H and O–H groups in total. The molecule has 0 aromatic carbocycles. The van der Waals surface area contributed by atoms with Gasteiger partial charge in [-0.2, -0.15) is 0 Å². The monoisotopic (exact) mass is 914 g/mol. The van der Waals surface area contributed by atoms with Crippen molar-refractivity contribution in [2.24, 2.45) is 0 Å². The number of allylic oxidation sites excluding steroid dienone is 6. The van der Waals surface area contributed by atoms with Gasteiger partial charge in [0.2, 0.25) is 5.91 Å². The Labute approximate surface area is 404 Å². The molecule has 2 atom stereocenters. The highest BCUT2D eigenvalue weighted by Gasteiger charge is 2.20. The van der Waals surface area contributed by atoms with E-state index in [0.717, 1.165) is 51.4 Å². The second kappa shape index (κ2) is 54.7. The molecule has 0 heterocycles. The van der Waals surface area contributed by atoms with E-state index in [0.29, 0.717) is 25.9 Å². The molecule has 6 heteroatoms. The van der Waals surface area contributed by atoms with Gasteiger partial charge in [-0.1, -0.05) is 243 Å². The van der Waals surface area contributed by atoms with Crippen molar-refractivity contribution in [3.63, 3.8) is 0 Å². The molecule has 65 heavy (non-hydrogen) atoms. The van der Waals surface area contributed by atoms with Crippen LogP contribution in [0.4, 0.5) is 0 Å². The van der Waals surface area contributed by atoms with E-state index in [1.54, 1.807) is 0 Å². The molecule has 1 amide bonds. The van der Waals surface area contributed by atoms with Crippen LogP contribution in [-0.4, -0.2) is 47.4 Å². The quantitative estimate of drug-likeness (QED) is 0.0321. The molecule has 0 aliphatic heterocycles. The standard InChI is InChI=1S/C59H111NO5/c1-3-5-7-9-11-13-15-16-26-30-33-37-41-45-49-53-59(64)65-54-50-46-42-38-34-31-28-25-23-21-19-17-18-20-22-24-27-29-32-36-40-44-48-52-58(63)60-56(55-61)57(62)51-47-43-39-35-14-12-10-8-6-4-2/h11,13,16,20,22,26,56-57,61-62H,3-10,12,14-15,17-19,21,23-25,27-55H2,1-2H3,(H,60,63)/b13-11-,22-20-,26-16-. The van der Waals surface area contributed by atoms with Gasteiger partial charge in [0.05, 0.1) is 25.4 Å². The minimum absolute atomic E-state index is 0.00289. The highest BCUT2D eigenvalue weighted by Crippen LogP contribution is 2.16. The molecular weight excluding hydrogens is 803 g/mol. The van der Waals surface area contributed by atoms with E-state index < -0.39 is 12.1 Å². The molecule has 2 unspecified atom stereocenters. The Morgan fingerprint density at radius 3 is 1.22 bits per heavy atom. The van der Waals surface area contributed by atoms with E-state index in [-0.39, 0.29) is 18.5 Å². The van der Waals surface area contributed by atoms with Crippen LogP contribution in [0.1, 0.15) is 303 Å². The van der Waals surface area contributed by atoms with Gasteiger partial charge in [0.15, 0.2) is 0 Å². The van der Waals surface area contributed by atoms with E-state index in [1.807, 2.05) is 0 Å². The summed E-state index contributed by atoms with van der Waals surface area (Å²) in [4.78, 5) is 24.5. The molecule has 0 spiro atoms. The molecule has 0 aromatic heterocycles. The Morgan fingerprint density at radius 2 is 0.769 bits per heavy atom. The maximum atomic E-state index is 12.4. The number of ether oxygens (including phenoxy) is 1. The first-order valence-corrected chi connectivity index (χ1v) is 28.7. The maximum absolute atomic E-state index is 12.4. The first-order valence-electron chi connectivity index (χ1n) is 28.7. The predicted molar refractivity (Wildman–Crippen MR) is 283 cm³/mol. The van der Waals surface area contributed by atoms with Gasteiger partial charge in [0.1, 0.15) is 0 Å². The minimum atomic E-state index is -0.666. The normalized spacial score (nSPS) is 12.9. The van der Waals surface area contributed by atoms with Gasteiger partial charge in [-0.3, -0.25) is 9.59 Å². The van der Waals surface area contributed by atoms with E-state index >= 15 is 0 Å². The number of amides is 1. The van der Waals surface area contributed by atoms with Gasteiger partial charge in [-0.25, -0.2) is 0 Å². The summed E-state index contributed by atoms with van der Waals surface area (Å²) in [6.07, 6.45) is 67.1. The van der Waals surface area contributed by atoms with Crippen molar-refractivity contribution in [2.75, 3.05) is 13.2 Å². The summed E-state index contributed by atoms with van der Waals surface area (Å²) >= 11 is 0. The molecule has 0 fully saturated rings. The average Bonchev–Trinajstić information content (AvgIpc) is 3.31. The van der Waals surface area contributed by atoms with Crippen LogP contribution in [0.2, 0.25) is 0 Å². The first kappa shape index (κ1) is 63.1. The highest BCUT2D eigenvalue weighted by molar-refractivity contribution is 5.76. The zero-order chi connectivity index (χ0) is 47.2. The zero-order valence-corrected chi connectivity index (χ0v) is 43.5. The number of aliphatic hydroxyl groups excluding tert-OH is 2. The molecule has 0 saturated carbocycles. The Morgan fingerprint density at radius 1 is 0.431 bits per heavy atom. The molecule has 0 aliphatic carbocycles. The fourth-order valence-electron chi connectivity index (χ4n) is 8.72. The third-order valence-electron chi connectivity index (χ3n) is 13.2. The number of aliphatic hydroxyl groups is 2. The third kappa shape index (κ3) is 51.3. The van der Waals surface area contributed by atoms with Gasteiger partial charge in [0, 0.05) is 12.8 Å². The van der Waals surface area contributed by atoms with Crippen LogP contribution < -0.4 is 5.32 Å². The van der Waals surface area contributed by atoms with Crippen LogP contribution in [0.3, 0.4) is 0 Å². The lowest BCUT2D eigenvalue weighted by molar-refractivity contribution is -0.143. The maximum Gasteiger partial charge on any atom is 0.305 e. The van der Waals surface area contributed by atoms with Crippen molar-refractivity contribution < 1.29 is 24.5 Å². The lowest BCUT2D eigenvalue weighted by atomic mass is 10.0. The number of carbonyl (C=O) groups excluding carboxylic acids is 2. The minimum Gasteiger partial charge on any atom is -0.466 e. The number of nitrogens with one attached hydrogen (secondary N) is 1. The molecule has 382 valence electrons. The van der Waals surface area contributed by atoms with Crippen molar-refractivity contribution in [1.29, 1.82) is 0 Å². The molecule has 0 aliphatic rings. The van der Waals surface area contributed by atoms with E-state index in [1.165, 1.54) is 218 Å². The number of rotatable bonds is 53. The summed E-state index contributed by atoms with van der Waals surface area (Å²) < 4.78 is 5.47. The summed E-state index contributed by atoms with van der Waals surface area (Å²) in [6.45, 7) is 4.90. The third-order valence-corrected chi connectivity index (χ3v) is 13.2. The number of unbranched alkanes of at least 4 members (excludes halogenated alkanes) is 36. The summed E-state index contributed by atoms with van der Waals surface area (Å²) in [5, 5.41) is 23.1. The van der Waals surface area contributed by atoms with Crippen molar-refractivity contribution in [3.8, 4) is 0 Å². The van der Waals surface area contributed by atoms with Crippen LogP contribution in [-0.2, 0) is 14.3 Å². The summed E-state index contributed by atoms with van der Waals surface area (Å²) in [5.74, 6) is -0.0462. The molecule has 0 rings (SSSR count). The van der Waals surface area contributed by atoms with Gasteiger partial charge < -0.3 is 20.3 Å². The lowest BCUT2D eigenvalue weighted by Gasteiger charge is -2.22. The van der Waals surface area contributed by atoms with Crippen LogP contribution in [0.5, 0.6) is 0 Å². The predicted octanol–water partition coefficient (Wildman–Crippen LogP) is 17.6. The Kier molecular flexibility index (Phi) is 53.1. The van der Waals surface area contributed by atoms with Crippen molar-refractivity contribution in [3.05, 3.63) is 36.5 Å². The molecule has 0 radical (unpaired) electrons. The fraction of sp³-hybridized carbons (Fsp3) is 0.864. The lowest BCUT2D eigenvalue weighted by Crippen LogP contribution is -2.45. The van der Waals surface area contributed by atoms with Gasteiger partial charge in [-0.15, -0.1) is 0 Å². The number of carbonyl (C=O) groups is 2. The summed E-state index contributed by atoms with van der Waals surface area (Å²) in [5.41, 5.74) is 0. The molecular formula is C59H111NO5. The highest BCUT2D eigenvalue weighted by atomic mass is 16.5. The number of hydrogen-bond donors (Lipinski definition) is 3. The van der Waals surface area contributed by atoms with Gasteiger partial charge in [-0.05, 0) is 83.5 Å². The number of hydrogen-bond acceptors (Lipinski definition) is 5. The Hall–Kier alpha value is -1.92. The van der Waals surface area contributed by atoms with Crippen molar-refractivity contribution in [2.45, 2.75) is 315 Å². The fourth-order valence-corrected chi connectivity index (χ4v) is 8.72. The first-order chi connectivity index (χ1) is 32.0. The molecule has 0 aromatic rings. The van der Waals surface area contributed by atoms with Crippen molar-refractivity contribution >= 4 is 11.9 Å².